The van der Waals surface area contributed by atoms with E-state index in [-0.39, 0.29) is 17.7 Å². The number of fused-ring (bicyclic) bond motifs is 1. The third kappa shape index (κ3) is 5.89. The molecule has 0 saturated carbocycles. The van der Waals surface area contributed by atoms with Crippen LogP contribution in [-0.4, -0.2) is 52.3 Å². The highest BCUT2D eigenvalue weighted by molar-refractivity contribution is 5.81. The molecule has 0 radical (unpaired) electrons. The topological polar surface area (TPSA) is 93.0 Å². The number of methoxy groups -OCH3 is 1. The number of carbonyl (C=O) groups excluding carboxylic acids is 1. The van der Waals surface area contributed by atoms with E-state index in [1.807, 2.05) is 43.4 Å². The lowest BCUT2D eigenvalue weighted by atomic mass is 10.0. The third-order valence-electron chi connectivity index (χ3n) is 6.54. The first kappa shape index (κ1) is 26.3. The van der Waals surface area contributed by atoms with Gasteiger partial charge in [0.2, 0.25) is 0 Å². The molecule has 4 aromatic rings. The average molecular weight is 533 g/mol. The van der Waals surface area contributed by atoms with Crippen molar-refractivity contribution in [3.63, 3.8) is 0 Å². The molecule has 2 N–H and O–H groups in total. The van der Waals surface area contributed by atoms with Crippen LogP contribution in [0.1, 0.15) is 33.6 Å². The van der Waals surface area contributed by atoms with Gasteiger partial charge in [-0.05, 0) is 57.9 Å². The molecule has 204 valence electrons. The lowest BCUT2D eigenvalue weighted by Crippen LogP contribution is -2.46. The smallest absolute Gasteiger partial charge is 0.407 e. The van der Waals surface area contributed by atoms with E-state index in [1.165, 1.54) is 13.2 Å². The molecule has 1 amide bonds. The Morgan fingerprint density at radius 1 is 1.10 bits per heavy atom. The molecule has 1 aliphatic rings. The molecule has 3 heterocycles. The largest absolute Gasteiger partial charge is 0.496 e. The van der Waals surface area contributed by atoms with E-state index >= 15 is 0 Å². The maximum atomic E-state index is 14.9. The number of hydrogen-bond donors (Lipinski definition) is 2. The van der Waals surface area contributed by atoms with Gasteiger partial charge in [-0.2, -0.15) is 0 Å². The van der Waals surface area contributed by atoms with Crippen molar-refractivity contribution >= 4 is 28.9 Å². The van der Waals surface area contributed by atoms with Gasteiger partial charge in [0.25, 0.3) is 0 Å². The second kappa shape index (κ2) is 10.8. The fraction of sp³-hybridized carbons (Fsp3) is 0.345. The minimum atomic E-state index is -0.529. The van der Waals surface area contributed by atoms with E-state index in [0.717, 1.165) is 37.3 Å². The van der Waals surface area contributed by atoms with Crippen LogP contribution in [-0.2, 0) is 4.74 Å². The highest BCUT2D eigenvalue weighted by atomic mass is 19.1. The van der Waals surface area contributed by atoms with Gasteiger partial charge in [0.1, 0.15) is 17.2 Å². The molecule has 0 unspecified atom stereocenters. The molecule has 10 heteroatoms. The summed E-state index contributed by atoms with van der Waals surface area (Å²) in [5, 5.41) is 6.44. The molecule has 5 rings (SSSR count). The first-order valence-electron chi connectivity index (χ1n) is 13.0. The van der Waals surface area contributed by atoms with E-state index in [4.69, 9.17) is 14.5 Å². The third-order valence-corrected chi connectivity index (χ3v) is 6.54. The van der Waals surface area contributed by atoms with Crippen molar-refractivity contribution in [1.29, 1.82) is 0 Å². The van der Waals surface area contributed by atoms with E-state index in [1.54, 1.807) is 30.7 Å². The van der Waals surface area contributed by atoms with Crippen LogP contribution < -0.4 is 20.3 Å². The van der Waals surface area contributed by atoms with Crippen LogP contribution in [0.5, 0.6) is 5.75 Å². The van der Waals surface area contributed by atoms with Crippen LogP contribution in [0.25, 0.3) is 16.9 Å². The molecule has 0 atom stereocenters. The molecule has 0 spiro atoms. The maximum Gasteiger partial charge on any atom is 0.407 e. The molecule has 0 aliphatic carbocycles. The highest BCUT2D eigenvalue weighted by Gasteiger charge is 2.25. The van der Waals surface area contributed by atoms with Gasteiger partial charge in [0.15, 0.2) is 11.5 Å². The van der Waals surface area contributed by atoms with Crippen LogP contribution in [0.2, 0.25) is 0 Å². The molecular weight excluding hydrogens is 499 g/mol. The molecule has 1 aliphatic heterocycles. The molecule has 1 fully saturated rings. The van der Waals surface area contributed by atoms with Gasteiger partial charge in [-0.1, -0.05) is 18.2 Å². The van der Waals surface area contributed by atoms with Gasteiger partial charge < -0.3 is 29.4 Å². The number of halogens is 1. The summed E-state index contributed by atoms with van der Waals surface area (Å²) in [6, 6.07) is 12.7. The number of imidazole rings is 1. The predicted molar refractivity (Wildman–Crippen MR) is 149 cm³/mol. The molecule has 39 heavy (non-hydrogen) atoms. The summed E-state index contributed by atoms with van der Waals surface area (Å²) in [4.78, 5) is 23.7. The number of amides is 1. The zero-order valence-corrected chi connectivity index (χ0v) is 22.6. The standard InChI is InChI=1S/C29H33FN6O3/c1-29(2,3)39-28(37)32-19-12-15-35(16-13-19)23-10-6-5-9-21(23)33-26-27-31-14-17-36(27)18-22(34-26)25-20(30)8-7-11-24(25)38-4/h5-11,14,17-19H,12-13,15-16H2,1-4H3,(H,32,37)(H,33,34). The summed E-state index contributed by atoms with van der Waals surface area (Å²) >= 11 is 0. The van der Waals surface area contributed by atoms with Crippen molar-refractivity contribution < 1.29 is 18.7 Å². The Bertz CT molecular complexity index is 1470. The molecular formula is C29H33FN6O3. The van der Waals surface area contributed by atoms with Gasteiger partial charge in [0.05, 0.1) is 29.7 Å². The predicted octanol–water partition coefficient (Wildman–Crippen LogP) is 5.78. The first-order chi connectivity index (χ1) is 18.7. The Labute approximate surface area is 227 Å². The van der Waals surface area contributed by atoms with Crippen molar-refractivity contribution in [3.8, 4) is 17.0 Å². The van der Waals surface area contributed by atoms with E-state index in [2.05, 4.69) is 26.6 Å². The Hall–Kier alpha value is -4.34. The summed E-state index contributed by atoms with van der Waals surface area (Å²) < 4.78 is 27.5. The number of aromatic nitrogens is 3. The minimum absolute atomic E-state index is 0.0508. The number of hydrogen-bond acceptors (Lipinski definition) is 7. The summed E-state index contributed by atoms with van der Waals surface area (Å²) in [6.45, 7) is 7.09. The van der Waals surface area contributed by atoms with E-state index < -0.39 is 11.4 Å². The Morgan fingerprint density at radius 2 is 1.87 bits per heavy atom. The Balaban J connectivity index is 1.38. The molecule has 9 nitrogen and oxygen atoms in total. The number of nitrogens with one attached hydrogen (secondary N) is 2. The number of rotatable bonds is 6. The van der Waals surface area contributed by atoms with Crippen LogP contribution >= 0.6 is 0 Å². The summed E-state index contributed by atoms with van der Waals surface area (Å²) in [6.07, 6.45) is 6.41. The number of alkyl carbamates (subject to hydrolysis) is 1. The maximum absolute atomic E-state index is 14.9. The van der Waals surface area contributed by atoms with E-state index in [0.29, 0.717) is 22.9 Å². The number of ether oxygens (including phenoxy) is 2. The number of benzene rings is 2. The van der Waals surface area contributed by atoms with Crippen LogP contribution in [0.3, 0.4) is 0 Å². The van der Waals surface area contributed by atoms with Gasteiger partial charge in [0, 0.05) is 37.7 Å². The number of piperidine rings is 1. The van der Waals surface area contributed by atoms with Crippen LogP contribution in [0.15, 0.2) is 61.1 Å². The monoisotopic (exact) mass is 532 g/mol. The lowest BCUT2D eigenvalue weighted by molar-refractivity contribution is 0.0497. The highest BCUT2D eigenvalue weighted by Crippen LogP contribution is 2.35. The number of para-hydroxylation sites is 2. The lowest BCUT2D eigenvalue weighted by Gasteiger charge is -2.35. The second-order valence-corrected chi connectivity index (χ2v) is 10.5. The van der Waals surface area contributed by atoms with Crippen molar-refractivity contribution in [3.05, 3.63) is 66.9 Å². The molecule has 1 saturated heterocycles. The quantitative estimate of drug-likeness (QED) is 0.325. The second-order valence-electron chi connectivity index (χ2n) is 10.5. The van der Waals surface area contributed by atoms with Gasteiger partial charge in [-0.3, -0.25) is 0 Å². The average Bonchev–Trinajstić information content (AvgIpc) is 3.37. The fourth-order valence-electron chi connectivity index (χ4n) is 4.78. The normalized spacial score (nSPS) is 14.3. The van der Waals surface area contributed by atoms with Gasteiger partial charge in [-0.25, -0.2) is 19.2 Å². The van der Waals surface area contributed by atoms with Crippen molar-refractivity contribution in [2.45, 2.75) is 45.3 Å². The van der Waals surface area contributed by atoms with Crippen LogP contribution in [0.4, 0.5) is 26.4 Å². The Morgan fingerprint density at radius 3 is 2.62 bits per heavy atom. The first-order valence-corrected chi connectivity index (χ1v) is 13.0. The zero-order chi connectivity index (χ0) is 27.6. The molecule has 2 aromatic carbocycles. The molecule has 0 bridgehead atoms. The van der Waals surface area contributed by atoms with E-state index in [9.17, 15) is 9.18 Å². The number of carbonyl (C=O) groups is 1. The molecule has 2 aromatic heterocycles. The zero-order valence-electron chi connectivity index (χ0n) is 22.6. The van der Waals surface area contributed by atoms with Crippen molar-refractivity contribution in [2.75, 3.05) is 30.4 Å². The minimum Gasteiger partial charge on any atom is -0.496 e. The number of nitrogens with zero attached hydrogens (tertiary/aromatic N) is 4. The summed E-state index contributed by atoms with van der Waals surface area (Å²) in [5.74, 6) is 0.475. The van der Waals surface area contributed by atoms with Gasteiger partial charge >= 0.3 is 6.09 Å². The fourth-order valence-corrected chi connectivity index (χ4v) is 4.78. The Kier molecular flexibility index (Phi) is 7.28. The summed E-state index contributed by atoms with van der Waals surface area (Å²) in [5.41, 5.74) is 2.65. The van der Waals surface area contributed by atoms with Crippen LogP contribution in [0, 0.1) is 5.82 Å². The van der Waals surface area contributed by atoms with Gasteiger partial charge in [-0.15, -0.1) is 0 Å². The summed E-state index contributed by atoms with van der Waals surface area (Å²) in [7, 11) is 1.51. The SMILES string of the molecule is COc1cccc(F)c1-c1cn2ccnc2c(Nc2ccccc2N2CCC(NC(=O)OC(C)(C)C)CC2)n1. The van der Waals surface area contributed by atoms with Crippen molar-refractivity contribution in [1.82, 2.24) is 19.7 Å². The number of anilines is 3. The van der Waals surface area contributed by atoms with Crippen molar-refractivity contribution in [2.24, 2.45) is 0 Å².